The standard InChI is InChI=1S/C30H27Cl2N/c1-17-14-15-20(19(3)18(17)2)28-25(16-26(31)30(29(28)32)33(4)5)27-23-12-8-6-10-21(23)22-11-7-9-13-24(22)27/h6-16,27H,1-5H3. The van der Waals surface area contributed by atoms with Gasteiger partial charge in [-0.2, -0.15) is 0 Å². The molecule has 4 aromatic carbocycles. The zero-order valence-electron chi connectivity index (χ0n) is 19.6. The van der Waals surface area contributed by atoms with Gasteiger partial charge in [-0.15, -0.1) is 0 Å². The molecule has 0 spiro atoms. The highest BCUT2D eigenvalue weighted by molar-refractivity contribution is 6.41. The first-order chi connectivity index (χ1) is 15.8. The number of rotatable bonds is 3. The topological polar surface area (TPSA) is 3.24 Å². The summed E-state index contributed by atoms with van der Waals surface area (Å²) in [4.78, 5) is 2.00. The van der Waals surface area contributed by atoms with Crippen molar-refractivity contribution in [1.29, 1.82) is 0 Å². The van der Waals surface area contributed by atoms with Gasteiger partial charge in [0.2, 0.25) is 0 Å². The minimum absolute atomic E-state index is 0.0691. The lowest BCUT2D eigenvalue weighted by Crippen LogP contribution is -2.12. The molecule has 5 rings (SSSR count). The van der Waals surface area contributed by atoms with Crippen LogP contribution in [0.15, 0.2) is 66.7 Å². The Morgan fingerprint density at radius 1 is 0.667 bits per heavy atom. The number of halogens is 2. The second-order valence-electron chi connectivity index (χ2n) is 9.17. The summed E-state index contributed by atoms with van der Waals surface area (Å²) in [5.74, 6) is 0.0691. The van der Waals surface area contributed by atoms with E-state index in [1.165, 1.54) is 44.5 Å². The molecule has 0 aromatic heterocycles. The van der Waals surface area contributed by atoms with Crippen molar-refractivity contribution in [3.05, 3.63) is 110 Å². The molecule has 33 heavy (non-hydrogen) atoms. The van der Waals surface area contributed by atoms with Gasteiger partial charge in [0.1, 0.15) is 0 Å². The Bertz CT molecular complexity index is 1360. The van der Waals surface area contributed by atoms with E-state index >= 15 is 0 Å². The number of nitrogens with zero attached hydrogens (tertiary/aromatic N) is 1. The van der Waals surface area contributed by atoms with Crippen LogP contribution in [0.5, 0.6) is 0 Å². The van der Waals surface area contributed by atoms with Gasteiger partial charge in [0.25, 0.3) is 0 Å². The fourth-order valence-electron chi connectivity index (χ4n) is 5.26. The van der Waals surface area contributed by atoms with Crippen molar-refractivity contribution < 1.29 is 0 Å². The maximum Gasteiger partial charge on any atom is 0.0746 e. The second-order valence-corrected chi connectivity index (χ2v) is 9.95. The van der Waals surface area contributed by atoms with Crippen LogP contribution >= 0.6 is 23.2 Å². The molecule has 0 amide bonds. The highest BCUT2D eigenvalue weighted by Crippen LogP contribution is 2.54. The Labute approximate surface area is 206 Å². The highest BCUT2D eigenvalue weighted by Gasteiger charge is 2.33. The van der Waals surface area contributed by atoms with Crippen LogP contribution in [0.25, 0.3) is 22.3 Å². The van der Waals surface area contributed by atoms with Crippen LogP contribution in [-0.2, 0) is 0 Å². The Morgan fingerprint density at radius 3 is 1.82 bits per heavy atom. The van der Waals surface area contributed by atoms with Crippen LogP contribution in [0, 0.1) is 20.8 Å². The van der Waals surface area contributed by atoms with E-state index < -0.39 is 0 Å². The summed E-state index contributed by atoms with van der Waals surface area (Å²) in [6.07, 6.45) is 0. The lowest BCUT2D eigenvalue weighted by Gasteiger charge is -2.26. The normalized spacial score (nSPS) is 12.6. The molecule has 0 saturated heterocycles. The first kappa shape index (κ1) is 22.1. The van der Waals surface area contributed by atoms with Gasteiger partial charge in [-0.25, -0.2) is 0 Å². The smallest absolute Gasteiger partial charge is 0.0746 e. The summed E-state index contributed by atoms with van der Waals surface area (Å²) in [7, 11) is 3.98. The zero-order valence-corrected chi connectivity index (χ0v) is 21.1. The van der Waals surface area contributed by atoms with E-state index in [2.05, 4.69) is 87.5 Å². The van der Waals surface area contributed by atoms with Crippen molar-refractivity contribution in [2.24, 2.45) is 0 Å². The minimum Gasteiger partial charge on any atom is -0.375 e. The van der Waals surface area contributed by atoms with Crippen molar-refractivity contribution in [2.75, 3.05) is 19.0 Å². The summed E-state index contributed by atoms with van der Waals surface area (Å²) < 4.78 is 0. The Hall–Kier alpha value is -2.74. The zero-order chi connectivity index (χ0) is 23.4. The first-order valence-corrected chi connectivity index (χ1v) is 12.0. The SMILES string of the molecule is Cc1ccc(-c2c(C3c4ccccc4-c4ccccc43)cc(Cl)c(N(C)C)c2Cl)c(C)c1C. The Morgan fingerprint density at radius 2 is 1.24 bits per heavy atom. The Balaban J connectivity index is 1.90. The Kier molecular flexibility index (Phi) is 5.51. The highest BCUT2D eigenvalue weighted by atomic mass is 35.5. The van der Waals surface area contributed by atoms with E-state index in [0.717, 1.165) is 16.8 Å². The van der Waals surface area contributed by atoms with E-state index in [1.807, 2.05) is 19.0 Å². The molecule has 0 N–H and O–H groups in total. The molecule has 0 bridgehead atoms. The molecule has 0 heterocycles. The summed E-state index contributed by atoms with van der Waals surface area (Å²) >= 11 is 14.1. The lowest BCUT2D eigenvalue weighted by molar-refractivity contribution is 1.01. The van der Waals surface area contributed by atoms with Crippen molar-refractivity contribution in [1.82, 2.24) is 0 Å². The second kappa shape index (κ2) is 8.24. The first-order valence-electron chi connectivity index (χ1n) is 11.3. The van der Waals surface area contributed by atoms with Gasteiger partial charge >= 0.3 is 0 Å². The van der Waals surface area contributed by atoms with E-state index in [9.17, 15) is 0 Å². The largest absolute Gasteiger partial charge is 0.375 e. The van der Waals surface area contributed by atoms with Gasteiger partial charge in [0.15, 0.2) is 0 Å². The predicted octanol–water partition coefficient (Wildman–Crippen LogP) is 8.81. The molecule has 0 fully saturated rings. The van der Waals surface area contributed by atoms with E-state index in [1.54, 1.807) is 0 Å². The number of anilines is 1. The number of hydrogen-bond donors (Lipinski definition) is 0. The van der Waals surface area contributed by atoms with Crippen molar-refractivity contribution in [2.45, 2.75) is 26.7 Å². The third-order valence-electron chi connectivity index (χ3n) is 7.14. The third-order valence-corrected chi connectivity index (χ3v) is 7.80. The molecular weight excluding hydrogens is 445 g/mol. The molecule has 0 aliphatic heterocycles. The molecule has 0 unspecified atom stereocenters. The van der Waals surface area contributed by atoms with E-state index in [-0.39, 0.29) is 5.92 Å². The molecule has 0 saturated carbocycles. The fourth-order valence-corrected chi connectivity index (χ4v) is 6.17. The third kappa shape index (κ3) is 3.38. The number of fused-ring (bicyclic) bond motifs is 3. The van der Waals surface area contributed by atoms with Gasteiger partial charge in [0, 0.05) is 25.6 Å². The number of hydrogen-bond acceptors (Lipinski definition) is 1. The molecule has 3 heteroatoms. The van der Waals surface area contributed by atoms with E-state index in [4.69, 9.17) is 23.2 Å². The van der Waals surface area contributed by atoms with Gasteiger partial charge < -0.3 is 4.90 Å². The van der Waals surface area contributed by atoms with Crippen LogP contribution in [0.2, 0.25) is 10.0 Å². The van der Waals surface area contributed by atoms with Crippen LogP contribution in [0.4, 0.5) is 5.69 Å². The molecule has 1 aliphatic carbocycles. The van der Waals surface area contributed by atoms with Gasteiger partial charge in [-0.3, -0.25) is 0 Å². The van der Waals surface area contributed by atoms with Crippen LogP contribution < -0.4 is 4.90 Å². The van der Waals surface area contributed by atoms with Gasteiger partial charge in [0.05, 0.1) is 15.7 Å². The summed E-state index contributed by atoms with van der Waals surface area (Å²) in [5.41, 5.74) is 13.2. The predicted molar refractivity (Wildman–Crippen MR) is 143 cm³/mol. The van der Waals surface area contributed by atoms with Gasteiger partial charge in [-0.1, -0.05) is 83.9 Å². The van der Waals surface area contributed by atoms with Crippen molar-refractivity contribution >= 4 is 28.9 Å². The molecule has 4 aromatic rings. The van der Waals surface area contributed by atoms with Gasteiger partial charge in [-0.05, 0) is 76.9 Å². The molecule has 1 nitrogen and oxygen atoms in total. The summed E-state index contributed by atoms with van der Waals surface area (Å²) in [6, 6.07) is 23.9. The average molecular weight is 472 g/mol. The summed E-state index contributed by atoms with van der Waals surface area (Å²) in [6.45, 7) is 6.54. The number of aryl methyl sites for hydroxylation is 1. The van der Waals surface area contributed by atoms with Crippen LogP contribution in [0.1, 0.15) is 39.3 Å². The molecule has 0 atom stereocenters. The summed E-state index contributed by atoms with van der Waals surface area (Å²) in [5, 5.41) is 1.38. The molecule has 1 aliphatic rings. The van der Waals surface area contributed by atoms with Crippen molar-refractivity contribution in [3.63, 3.8) is 0 Å². The quantitative estimate of drug-likeness (QED) is 0.254. The maximum absolute atomic E-state index is 7.22. The van der Waals surface area contributed by atoms with Crippen LogP contribution in [-0.4, -0.2) is 14.1 Å². The van der Waals surface area contributed by atoms with Crippen LogP contribution in [0.3, 0.4) is 0 Å². The lowest BCUT2D eigenvalue weighted by atomic mass is 9.82. The molecular formula is C30H27Cl2N. The molecule has 0 radical (unpaired) electrons. The van der Waals surface area contributed by atoms with E-state index in [0.29, 0.717) is 10.0 Å². The fraction of sp³-hybridized carbons (Fsp3) is 0.200. The van der Waals surface area contributed by atoms with Crippen molar-refractivity contribution in [3.8, 4) is 22.3 Å². The maximum atomic E-state index is 7.22. The monoisotopic (exact) mass is 471 g/mol. The molecule has 166 valence electrons. The number of benzene rings is 4. The minimum atomic E-state index is 0.0691. The average Bonchev–Trinajstić information content (AvgIpc) is 3.12.